The molecule has 0 spiro atoms. The fourth-order valence-corrected chi connectivity index (χ4v) is 1.72. The van der Waals surface area contributed by atoms with E-state index in [4.69, 9.17) is 5.73 Å². The van der Waals surface area contributed by atoms with Gasteiger partial charge in [0.15, 0.2) is 0 Å². The lowest BCUT2D eigenvalue weighted by atomic mass is 10.4. The van der Waals surface area contributed by atoms with Crippen LogP contribution in [0.25, 0.3) is 0 Å². The molecule has 0 amide bonds. The van der Waals surface area contributed by atoms with Crippen molar-refractivity contribution in [2.75, 3.05) is 23.7 Å². The van der Waals surface area contributed by atoms with Crippen LogP contribution in [0.5, 0.6) is 0 Å². The Kier molecular flexibility index (Phi) is 1.67. The Morgan fingerprint density at radius 1 is 1.42 bits per heavy atom. The first-order valence-electron chi connectivity index (χ1n) is 4.32. The molecular formula is C8H14N4. The number of nitrogens with zero attached hydrogens (tertiary/aromatic N) is 3. The summed E-state index contributed by atoms with van der Waals surface area (Å²) in [7, 11) is 1.93. The van der Waals surface area contributed by atoms with E-state index < -0.39 is 0 Å². The molecular weight excluding hydrogens is 152 g/mol. The first kappa shape index (κ1) is 7.46. The van der Waals surface area contributed by atoms with Crippen molar-refractivity contribution in [1.82, 2.24) is 9.78 Å². The molecule has 0 atom stereocenters. The van der Waals surface area contributed by atoms with Gasteiger partial charge in [0.25, 0.3) is 0 Å². The summed E-state index contributed by atoms with van der Waals surface area (Å²) >= 11 is 0. The molecule has 2 heterocycles. The van der Waals surface area contributed by atoms with Crippen LogP contribution in [0.15, 0.2) is 6.07 Å². The predicted octanol–water partition coefficient (Wildman–Crippen LogP) is 0.602. The van der Waals surface area contributed by atoms with Gasteiger partial charge in [-0.05, 0) is 12.8 Å². The highest BCUT2D eigenvalue weighted by Gasteiger charge is 2.15. The normalized spacial score (nSPS) is 17.2. The van der Waals surface area contributed by atoms with Crippen molar-refractivity contribution in [1.29, 1.82) is 0 Å². The SMILES string of the molecule is Cn1nc(N)cc1N1CCCC1. The third-order valence-electron chi connectivity index (χ3n) is 2.30. The smallest absolute Gasteiger partial charge is 0.147 e. The fourth-order valence-electron chi connectivity index (χ4n) is 1.72. The van der Waals surface area contributed by atoms with E-state index in [2.05, 4.69) is 10.00 Å². The Labute approximate surface area is 72.0 Å². The van der Waals surface area contributed by atoms with E-state index in [-0.39, 0.29) is 0 Å². The van der Waals surface area contributed by atoms with Gasteiger partial charge in [-0.2, -0.15) is 5.10 Å². The largest absolute Gasteiger partial charge is 0.382 e. The second-order valence-corrected chi connectivity index (χ2v) is 3.25. The molecule has 1 aliphatic rings. The number of aryl methyl sites for hydroxylation is 1. The predicted molar refractivity (Wildman–Crippen MR) is 49.1 cm³/mol. The monoisotopic (exact) mass is 166 g/mol. The van der Waals surface area contributed by atoms with Crippen LogP contribution in [0.1, 0.15) is 12.8 Å². The van der Waals surface area contributed by atoms with Gasteiger partial charge in [-0.25, -0.2) is 0 Å². The summed E-state index contributed by atoms with van der Waals surface area (Å²) in [6, 6.07) is 1.94. The van der Waals surface area contributed by atoms with Gasteiger partial charge >= 0.3 is 0 Å². The summed E-state index contributed by atoms with van der Waals surface area (Å²) in [5.41, 5.74) is 5.59. The first-order chi connectivity index (χ1) is 5.77. The molecule has 0 radical (unpaired) electrons. The Morgan fingerprint density at radius 3 is 2.58 bits per heavy atom. The quantitative estimate of drug-likeness (QED) is 0.664. The molecule has 0 aliphatic carbocycles. The molecule has 1 aliphatic heterocycles. The number of hydrogen-bond acceptors (Lipinski definition) is 3. The summed E-state index contributed by atoms with van der Waals surface area (Å²) < 4.78 is 1.85. The average molecular weight is 166 g/mol. The highest BCUT2D eigenvalue weighted by Crippen LogP contribution is 2.20. The van der Waals surface area contributed by atoms with Gasteiger partial charge in [-0.3, -0.25) is 4.68 Å². The van der Waals surface area contributed by atoms with Crippen LogP contribution < -0.4 is 10.6 Å². The van der Waals surface area contributed by atoms with Crippen LogP contribution in [0, 0.1) is 0 Å². The van der Waals surface area contributed by atoms with Crippen molar-refractivity contribution in [2.45, 2.75) is 12.8 Å². The number of nitrogen functional groups attached to an aromatic ring is 1. The number of nitrogens with two attached hydrogens (primary N) is 1. The summed E-state index contributed by atoms with van der Waals surface area (Å²) in [4.78, 5) is 2.32. The first-order valence-corrected chi connectivity index (χ1v) is 4.32. The van der Waals surface area contributed by atoms with E-state index in [1.807, 2.05) is 17.8 Å². The number of rotatable bonds is 1. The summed E-state index contributed by atoms with van der Waals surface area (Å²) in [6.07, 6.45) is 2.57. The Hall–Kier alpha value is -1.19. The van der Waals surface area contributed by atoms with Gasteiger partial charge in [-0.15, -0.1) is 0 Å². The van der Waals surface area contributed by atoms with Crippen molar-refractivity contribution in [2.24, 2.45) is 7.05 Å². The molecule has 1 fully saturated rings. The van der Waals surface area contributed by atoms with Crippen LogP contribution >= 0.6 is 0 Å². The van der Waals surface area contributed by atoms with E-state index in [9.17, 15) is 0 Å². The molecule has 0 aromatic carbocycles. The molecule has 66 valence electrons. The number of anilines is 2. The van der Waals surface area contributed by atoms with Crippen molar-refractivity contribution in [3.63, 3.8) is 0 Å². The van der Waals surface area contributed by atoms with E-state index in [1.54, 1.807) is 0 Å². The van der Waals surface area contributed by atoms with Crippen molar-refractivity contribution >= 4 is 11.6 Å². The third kappa shape index (κ3) is 1.13. The fraction of sp³-hybridized carbons (Fsp3) is 0.625. The second-order valence-electron chi connectivity index (χ2n) is 3.25. The van der Waals surface area contributed by atoms with Crippen molar-refractivity contribution in [3.05, 3.63) is 6.07 Å². The molecule has 1 aromatic rings. The highest BCUT2D eigenvalue weighted by molar-refractivity contribution is 5.48. The molecule has 0 unspecified atom stereocenters. The van der Waals surface area contributed by atoms with Gasteiger partial charge < -0.3 is 10.6 Å². The molecule has 12 heavy (non-hydrogen) atoms. The molecule has 0 bridgehead atoms. The van der Waals surface area contributed by atoms with E-state index in [0.717, 1.165) is 18.9 Å². The lowest BCUT2D eigenvalue weighted by molar-refractivity contribution is 0.742. The van der Waals surface area contributed by atoms with E-state index >= 15 is 0 Å². The maximum Gasteiger partial charge on any atom is 0.147 e. The second kappa shape index (κ2) is 2.69. The van der Waals surface area contributed by atoms with Crippen LogP contribution in [-0.2, 0) is 7.05 Å². The maximum atomic E-state index is 5.59. The van der Waals surface area contributed by atoms with Gasteiger partial charge in [0.2, 0.25) is 0 Å². The minimum absolute atomic E-state index is 0.611. The van der Waals surface area contributed by atoms with Crippen LogP contribution in [-0.4, -0.2) is 22.9 Å². The Balaban J connectivity index is 2.25. The van der Waals surface area contributed by atoms with Gasteiger partial charge in [0.05, 0.1) is 0 Å². The lowest BCUT2D eigenvalue weighted by Gasteiger charge is -2.16. The van der Waals surface area contributed by atoms with Crippen molar-refractivity contribution in [3.8, 4) is 0 Å². The van der Waals surface area contributed by atoms with Gasteiger partial charge in [0, 0.05) is 26.2 Å². The zero-order valence-electron chi connectivity index (χ0n) is 7.32. The van der Waals surface area contributed by atoms with Crippen molar-refractivity contribution < 1.29 is 0 Å². The highest BCUT2D eigenvalue weighted by atomic mass is 15.4. The van der Waals surface area contributed by atoms with Crippen LogP contribution in [0.2, 0.25) is 0 Å². The Morgan fingerprint density at radius 2 is 2.08 bits per heavy atom. The minimum Gasteiger partial charge on any atom is -0.382 e. The zero-order valence-corrected chi connectivity index (χ0v) is 7.32. The number of aromatic nitrogens is 2. The zero-order chi connectivity index (χ0) is 8.55. The Bertz CT molecular complexity index is 273. The summed E-state index contributed by atoms with van der Waals surface area (Å²) in [6.45, 7) is 2.28. The molecule has 4 heteroatoms. The van der Waals surface area contributed by atoms with Crippen LogP contribution in [0.4, 0.5) is 11.6 Å². The minimum atomic E-state index is 0.611. The molecule has 4 nitrogen and oxygen atoms in total. The average Bonchev–Trinajstić information content (AvgIpc) is 2.58. The molecule has 1 aromatic heterocycles. The standard InChI is InChI=1S/C8H14N4/c1-11-8(6-7(9)10-11)12-4-2-3-5-12/h6H,2-5H2,1H3,(H2,9,10). The van der Waals surface area contributed by atoms with Gasteiger partial charge in [-0.1, -0.05) is 0 Å². The van der Waals surface area contributed by atoms with E-state index in [1.165, 1.54) is 12.8 Å². The molecule has 1 saturated heterocycles. The third-order valence-corrected chi connectivity index (χ3v) is 2.30. The molecule has 2 N–H and O–H groups in total. The topological polar surface area (TPSA) is 47.1 Å². The molecule has 0 saturated carbocycles. The summed E-state index contributed by atoms with van der Waals surface area (Å²) in [5, 5.41) is 4.11. The lowest BCUT2D eigenvalue weighted by Crippen LogP contribution is -2.20. The van der Waals surface area contributed by atoms with Gasteiger partial charge in [0.1, 0.15) is 11.6 Å². The maximum absolute atomic E-state index is 5.59. The van der Waals surface area contributed by atoms with Crippen LogP contribution in [0.3, 0.4) is 0 Å². The summed E-state index contributed by atoms with van der Waals surface area (Å²) in [5.74, 6) is 1.75. The molecule has 2 rings (SSSR count). The number of hydrogen-bond donors (Lipinski definition) is 1. The van der Waals surface area contributed by atoms with E-state index in [0.29, 0.717) is 5.82 Å².